The summed E-state index contributed by atoms with van der Waals surface area (Å²) >= 11 is 1.73. The molecule has 1 fully saturated rings. The first-order valence-electron chi connectivity index (χ1n) is 11.9. The number of hydrogen-bond acceptors (Lipinski definition) is 5. The molecule has 0 bridgehead atoms. The van der Waals surface area contributed by atoms with Crippen molar-refractivity contribution in [1.82, 2.24) is 4.98 Å². The monoisotopic (exact) mass is 477 g/mol. The molecule has 35 heavy (non-hydrogen) atoms. The Kier molecular flexibility index (Phi) is 4.33. The molecular weight excluding hydrogens is 453 g/mol. The van der Waals surface area contributed by atoms with Gasteiger partial charge in [0.15, 0.2) is 0 Å². The molecule has 0 radical (unpaired) electrons. The van der Waals surface area contributed by atoms with Crippen molar-refractivity contribution in [2.75, 3.05) is 0 Å². The molecule has 1 saturated heterocycles. The maximum atomic E-state index is 6.46. The Bertz CT molecular complexity index is 1770. The van der Waals surface area contributed by atoms with Crippen LogP contribution in [0.5, 0.6) is 0 Å². The van der Waals surface area contributed by atoms with Crippen LogP contribution in [0.3, 0.4) is 0 Å². The standard InChI is InChI=1S/C29H24BNO3S/c1-28(2)29(3,4)34-30(33-28)21-13-7-11-19-24-20(12-8-14-23(24)32-25(19)21)27-31-22-16-15-17-9-5-6-10-18(17)26(22)35-27/h5-16H,1-4H3. The minimum Gasteiger partial charge on any atom is -0.456 e. The predicted molar refractivity (Wildman–Crippen MR) is 146 cm³/mol. The van der Waals surface area contributed by atoms with E-state index in [2.05, 4.69) is 82.3 Å². The van der Waals surface area contributed by atoms with Crippen LogP contribution in [0.15, 0.2) is 77.2 Å². The highest BCUT2D eigenvalue weighted by Gasteiger charge is 2.52. The second kappa shape index (κ2) is 7.17. The van der Waals surface area contributed by atoms with Gasteiger partial charge in [0, 0.05) is 27.2 Å². The molecule has 4 aromatic carbocycles. The van der Waals surface area contributed by atoms with Crippen molar-refractivity contribution in [3.8, 4) is 10.6 Å². The molecule has 172 valence electrons. The number of rotatable bonds is 2. The predicted octanol–water partition coefficient (Wildman–Crippen LogP) is 7.32. The van der Waals surface area contributed by atoms with E-state index in [1.54, 1.807) is 11.3 Å². The second-order valence-electron chi connectivity index (χ2n) is 10.2. The summed E-state index contributed by atoms with van der Waals surface area (Å²) in [6.45, 7) is 8.28. The van der Waals surface area contributed by atoms with Crippen LogP contribution >= 0.6 is 11.3 Å². The van der Waals surface area contributed by atoms with E-state index in [1.165, 1.54) is 15.5 Å². The van der Waals surface area contributed by atoms with Gasteiger partial charge in [0.1, 0.15) is 16.2 Å². The van der Waals surface area contributed by atoms with Crippen LogP contribution in [-0.4, -0.2) is 23.3 Å². The van der Waals surface area contributed by atoms with Crippen LogP contribution in [0, 0.1) is 0 Å². The highest BCUT2D eigenvalue weighted by Crippen LogP contribution is 2.42. The molecule has 0 atom stereocenters. The summed E-state index contributed by atoms with van der Waals surface area (Å²) in [7, 11) is -0.485. The third-order valence-electron chi connectivity index (χ3n) is 7.57. The number of nitrogens with zero attached hydrogens (tertiary/aromatic N) is 1. The Morgan fingerprint density at radius 2 is 1.51 bits per heavy atom. The van der Waals surface area contributed by atoms with E-state index in [9.17, 15) is 0 Å². The smallest absolute Gasteiger partial charge is 0.456 e. The first-order chi connectivity index (χ1) is 16.8. The van der Waals surface area contributed by atoms with Crippen LogP contribution < -0.4 is 5.46 Å². The first-order valence-corrected chi connectivity index (χ1v) is 12.7. The zero-order valence-electron chi connectivity index (χ0n) is 20.1. The Hall–Kier alpha value is -3.19. The van der Waals surface area contributed by atoms with E-state index in [0.29, 0.717) is 0 Å². The summed E-state index contributed by atoms with van der Waals surface area (Å²) in [5.74, 6) is 0. The van der Waals surface area contributed by atoms with Gasteiger partial charge in [-0.05, 0) is 45.2 Å². The minimum absolute atomic E-state index is 0.416. The molecule has 0 N–H and O–H groups in total. The van der Waals surface area contributed by atoms with E-state index < -0.39 is 18.3 Å². The van der Waals surface area contributed by atoms with Gasteiger partial charge in [0.2, 0.25) is 0 Å². The summed E-state index contributed by atoms with van der Waals surface area (Å²) in [4.78, 5) is 5.04. The molecule has 2 aromatic heterocycles. The van der Waals surface area contributed by atoms with Gasteiger partial charge in [0.05, 0.1) is 21.4 Å². The van der Waals surface area contributed by atoms with Crippen molar-refractivity contribution < 1.29 is 13.7 Å². The highest BCUT2D eigenvalue weighted by molar-refractivity contribution is 7.22. The summed E-state index contributed by atoms with van der Waals surface area (Å²) in [6.07, 6.45) is 0. The summed E-state index contributed by atoms with van der Waals surface area (Å²) in [5.41, 5.74) is 3.83. The van der Waals surface area contributed by atoms with Gasteiger partial charge in [-0.15, -0.1) is 11.3 Å². The SMILES string of the molecule is CC1(C)OB(c2cccc3c2oc2cccc(-c4nc5ccc6ccccc6c5s4)c23)OC1(C)C. The summed E-state index contributed by atoms with van der Waals surface area (Å²) in [6, 6.07) is 25.1. The Morgan fingerprint density at radius 1 is 0.771 bits per heavy atom. The third-order valence-corrected chi connectivity index (χ3v) is 8.71. The lowest BCUT2D eigenvalue weighted by molar-refractivity contribution is 0.00578. The van der Waals surface area contributed by atoms with Crippen molar-refractivity contribution in [3.05, 3.63) is 72.8 Å². The number of fused-ring (bicyclic) bond motifs is 6. The van der Waals surface area contributed by atoms with Crippen molar-refractivity contribution in [3.63, 3.8) is 0 Å². The zero-order valence-corrected chi connectivity index (χ0v) is 20.9. The van der Waals surface area contributed by atoms with Crippen LogP contribution in [0.4, 0.5) is 0 Å². The van der Waals surface area contributed by atoms with E-state index in [-0.39, 0.29) is 0 Å². The van der Waals surface area contributed by atoms with Gasteiger partial charge >= 0.3 is 7.12 Å². The topological polar surface area (TPSA) is 44.5 Å². The van der Waals surface area contributed by atoms with E-state index in [1.807, 2.05) is 18.2 Å². The van der Waals surface area contributed by atoms with Gasteiger partial charge < -0.3 is 13.7 Å². The molecule has 6 aromatic rings. The number of thiazole rings is 1. The number of aromatic nitrogens is 1. The van der Waals surface area contributed by atoms with Gasteiger partial charge in [-0.3, -0.25) is 0 Å². The van der Waals surface area contributed by atoms with Gasteiger partial charge in [-0.25, -0.2) is 4.98 Å². The summed E-state index contributed by atoms with van der Waals surface area (Å²) in [5, 5.41) is 5.58. The molecular formula is C29H24BNO3S. The molecule has 1 aliphatic rings. The average molecular weight is 477 g/mol. The van der Waals surface area contributed by atoms with E-state index in [0.717, 1.165) is 43.5 Å². The number of hydrogen-bond donors (Lipinski definition) is 0. The average Bonchev–Trinajstić information content (AvgIpc) is 3.50. The van der Waals surface area contributed by atoms with Crippen molar-refractivity contribution in [2.24, 2.45) is 0 Å². The van der Waals surface area contributed by atoms with E-state index in [4.69, 9.17) is 18.7 Å². The normalized spacial score (nSPS) is 17.3. The molecule has 1 aliphatic heterocycles. The number of furan rings is 1. The number of para-hydroxylation sites is 1. The lowest BCUT2D eigenvalue weighted by Gasteiger charge is -2.32. The fourth-order valence-corrected chi connectivity index (χ4v) is 6.11. The molecule has 0 unspecified atom stereocenters. The maximum absolute atomic E-state index is 6.46. The zero-order chi connectivity index (χ0) is 23.9. The van der Waals surface area contributed by atoms with Crippen molar-refractivity contribution >= 4 is 66.8 Å². The number of benzene rings is 4. The minimum atomic E-state index is -0.485. The second-order valence-corrected chi connectivity index (χ2v) is 11.2. The molecule has 6 heteroatoms. The molecule has 0 saturated carbocycles. The highest BCUT2D eigenvalue weighted by atomic mass is 32.1. The maximum Gasteiger partial charge on any atom is 0.498 e. The van der Waals surface area contributed by atoms with Crippen LogP contribution in [0.1, 0.15) is 27.7 Å². The molecule has 0 spiro atoms. The Labute approximate surface area is 207 Å². The fourth-order valence-electron chi connectivity index (χ4n) is 4.97. The quantitative estimate of drug-likeness (QED) is 0.245. The van der Waals surface area contributed by atoms with Crippen molar-refractivity contribution in [1.29, 1.82) is 0 Å². The lowest BCUT2D eigenvalue weighted by Crippen LogP contribution is -2.41. The fraction of sp³-hybridized carbons (Fsp3) is 0.207. The Balaban J connectivity index is 1.44. The molecule has 4 nitrogen and oxygen atoms in total. The Morgan fingerprint density at radius 3 is 2.34 bits per heavy atom. The first kappa shape index (κ1) is 21.1. The van der Waals surface area contributed by atoms with Crippen LogP contribution in [0.25, 0.3) is 53.5 Å². The van der Waals surface area contributed by atoms with E-state index >= 15 is 0 Å². The van der Waals surface area contributed by atoms with Gasteiger partial charge in [-0.1, -0.05) is 60.7 Å². The van der Waals surface area contributed by atoms with Gasteiger partial charge in [0.25, 0.3) is 0 Å². The molecule has 7 rings (SSSR count). The molecule has 0 amide bonds. The van der Waals surface area contributed by atoms with Gasteiger partial charge in [-0.2, -0.15) is 0 Å². The lowest BCUT2D eigenvalue weighted by atomic mass is 9.78. The largest absolute Gasteiger partial charge is 0.498 e. The molecule has 0 aliphatic carbocycles. The van der Waals surface area contributed by atoms with Crippen molar-refractivity contribution in [2.45, 2.75) is 38.9 Å². The van der Waals surface area contributed by atoms with Crippen LogP contribution in [0.2, 0.25) is 0 Å². The third kappa shape index (κ3) is 3.04. The molecule has 3 heterocycles. The summed E-state index contributed by atoms with van der Waals surface area (Å²) < 4.78 is 20.4. The van der Waals surface area contributed by atoms with Crippen LogP contribution in [-0.2, 0) is 9.31 Å².